The van der Waals surface area contributed by atoms with Crippen molar-refractivity contribution in [2.24, 2.45) is 0 Å². The summed E-state index contributed by atoms with van der Waals surface area (Å²) in [4.78, 5) is 14.2. The highest BCUT2D eigenvalue weighted by Gasteiger charge is 2.23. The van der Waals surface area contributed by atoms with Gasteiger partial charge in [0.15, 0.2) is 0 Å². The van der Waals surface area contributed by atoms with Crippen LogP contribution in [-0.2, 0) is 0 Å². The van der Waals surface area contributed by atoms with Crippen LogP contribution in [0.3, 0.4) is 0 Å². The molecule has 1 saturated heterocycles. The number of para-hydroxylation sites is 1. The van der Waals surface area contributed by atoms with Gasteiger partial charge in [0, 0.05) is 24.8 Å². The van der Waals surface area contributed by atoms with Crippen molar-refractivity contribution in [3.05, 3.63) is 73.4 Å². The van der Waals surface area contributed by atoms with Crippen molar-refractivity contribution < 1.29 is 4.74 Å². The van der Waals surface area contributed by atoms with Crippen molar-refractivity contribution in [3.63, 3.8) is 0 Å². The molecule has 3 aromatic rings. The maximum absolute atomic E-state index is 5.61. The first kappa shape index (κ1) is 18.6. The van der Waals surface area contributed by atoms with E-state index in [1.165, 1.54) is 0 Å². The molecule has 0 aliphatic carbocycles. The normalized spacial score (nSPS) is 15.6. The number of likely N-dealkylation sites (tertiary alicyclic amines) is 1. The van der Waals surface area contributed by atoms with Gasteiger partial charge in [-0.3, -0.25) is 0 Å². The number of aromatic nitrogens is 3. The monoisotopic (exact) mass is 385 g/mol. The van der Waals surface area contributed by atoms with Gasteiger partial charge < -0.3 is 19.9 Å². The second-order valence-electron chi connectivity index (χ2n) is 6.84. The number of anilines is 1. The molecule has 4 rings (SSSR count). The van der Waals surface area contributed by atoms with Crippen molar-refractivity contribution in [2.75, 3.05) is 25.0 Å². The lowest BCUT2D eigenvalue weighted by atomic mass is 10.2. The first-order valence-electron chi connectivity index (χ1n) is 9.56. The van der Waals surface area contributed by atoms with Crippen LogP contribution in [0.5, 0.6) is 5.75 Å². The Morgan fingerprint density at radius 2 is 2.21 bits per heavy atom. The minimum Gasteiger partial charge on any atom is -0.481 e. The number of aromatic amines is 1. The lowest BCUT2D eigenvalue weighted by Gasteiger charge is -2.19. The molecular weight excluding hydrogens is 362 g/mol. The predicted octanol–water partition coefficient (Wildman–Crippen LogP) is 3.57. The zero-order valence-electron chi connectivity index (χ0n) is 16.2. The van der Waals surface area contributed by atoms with E-state index in [1.807, 2.05) is 36.4 Å². The molecule has 2 aromatic heterocycles. The topological polar surface area (TPSA) is 66.1 Å². The summed E-state index contributed by atoms with van der Waals surface area (Å²) in [6.45, 7) is 9.99. The summed E-state index contributed by atoms with van der Waals surface area (Å²) in [5.41, 5.74) is 2.51. The third-order valence-corrected chi connectivity index (χ3v) is 4.87. The van der Waals surface area contributed by atoms with Crippen LogP contribution in [0, 0.1) is 11.8 Å². The minimum atomic E-state index is 0.300. The van der Waals surface area contributed by atoms with Crippen molar-refractivity contribution in [1.29, 1.82) is 0 Å². The van der Waals surface area contributed by atoms with E-state index in [4.69, 9.17) is 4.74 Å². The summed E-state index contributed by atoms with van der Waals surface area (Å²) in [6, 6.07) is 11.9. The Hall–Kier alpha value is -3.72. The molecule has 0 spiro atoms. The summed E-state index contributed by atoms with van der Waals surface area (Å²) in [5, 5.41) is 4.47. The Balaban J connectivity index is 1.43. The van der Waals surface area contributed by atoms with Gasteiger partial charge in [-0.05, 0) is 36.6 Å². The minimum absolute atomic E-state index is 0.300. The van der Waals surface area contributed by atoms with E-state index in [-0.39, 0.29) is 0 Å². The van der Waals surface area contributed by atoms with Gasteiger partial charge in [-0.15, -0.1) is 0 Å². The first-order valence-corrected chi connectivity index (χ1v) is 9.56. The fourth-order valence-electron chi connectivity index (χ4n) is 3.35. The lowest BCUT2D eigenvalue weighted by molar-refractivity contribution is 0.370. The molecule has 1 unspecified atom stereocenters. The third kappa shape index (κ3) is 4.41. The smallest absolute Gasteiger partial charge is 0.149 e. The van der Waals surface area contributed by atoms with Gasteiger partial charge in [0.1, 0.15) is 30.1 Å². The molecule has 29 heavy (non-hydrogen) atoms. The summed E-state index contributed by atoms with van der Waals surface area (Å²) in [7, 11) is 0. The lowest BCUT2D eigenvalue weighted by Crippen LogP contribution is -2.25. The Morgan fingerprint density at radius 1 is 1.34 bits per heavy atom. The number of allylic oxidation sites excluding steroid dienone is 1. The molecule has 1 atom stereocenters. The van der Waals surface area contributed by atoms with Crippen LogP contribution < -0.4 is 10.1 Å². The molecule has 3 heterocycles. The van der Waals surface area contributed by atoms with E-state index >= 15 is 0 Å². The number of benzene rings is 1. The quantitative estimate of drug-likeness (QED) is 0.502. The van der Waals surface area contributed by atoms with E-state index in [1.54, 1.807) is 12.4 Å². The van der Waals surface area contributed by atoms with Crippen LogP contribution in [0.25, 0.3) is 11.0 Å². The summed E-state index contributed by atoms with van der Waals surface area (Å²) in [5.74, 6) is 7.75. The molecule has 1 aromatic carbocycles. The number of H-pyrrole nitrogens is 1. The van der Waals surface area contributed by atoms with E-state index in [0.29, 0.717) is 12.6 Å². The molecule has 0 bridgehead atoms. The average molecular weight is 385 g/mol. The van der Waals surface area contributed by atoms with Crippen LogP contribution in [0.1, 0.15) is 12.1 Å². The fraction of sp³-hybridized carbons (Fsp3) is 0.217. The molecule has 0 saturated carbocycles. The van der Waals surface area contributed by atoms with Gasteiger partial charge in [0.25, 0.3) is 0 Å². The van der Waals surface area contributed by atoms with E-state index < -0.39 is 0 Å². The fourth-order valence-corrected chi connectivity index (χ4v) is 3.35. The van der Waals surface area contributed by atoms with Gasteiger partial charge in [-0.1, -0.05) is 37.3 Å². The predicted molar refractivity (Wildman–Crippen MR) is 116 cm³/mol. The molecule has 0 amide bonds. The maximum atomic E-state index is 5.61. The summed E-state index contributed by atoms with van der Waals surface area (Å²) >= 11 is 0. The van der Waals surface area contributed by atoms with Crippen molar-refractivity contribution in [1.82, 2.24) is 19.9 Å². The highest BCUT2D eigenvalue weighted by molar-refractivity contribution is 5.88. The molecule has 1 aliphatic heterocycles. The first-order chi connectivity index (χ1) is 14.2. The Bertz CT molecular complexity index is 1080. The van der Waals surface area contributed by atoms with Crippen molar-refractivity contribution >= 4 is 16.9 Å². The van der Waals surface area contributed by atoms with Crippen molar-refractivity contribution in [3.8, 4) is 17.6 Å². The average Bonchev–Trinajstić information content (AvgIpc) is 3.39. The van der Waals surface area contributed by atoms with Gasteiger partial charge in [-0.25, -0.2) is 9.97 Å². The Labute approximate surface area is 170 Å². The molecule has 0 radical (unpaired) electrons. The molecule has 1 fully saturated rings. The molecule has 6 heteroatoms. The highest BCUT2D eigenvalue weighted by atomic mass is 16.5. The molecule has 6 nitrogen and oxygen atoms in total. The summed E-state index contributed by atoms with van der Waals surface area (Å²) < 4.78 is 5.61. The van der Waals surface area contributed by atoms with Crippen LogP contribution in [0.15, 0.2) is 67.7 Å². The number of nitrogens with zero attached hydrogens (tertiary/aromatic N) is 3. The molecule has 1 aliphatic rings. The second-order valence-corrected chi connectivity index (χ2v) is 6.84. The third-order valence-electron chi connectivity index (χ3n) is 4.87. The standard InChI is InChI=1S/C23H23N5O/c1-3-17(2)28-12-11-19(15-28)27-23-21-14-18(26-22(21)24-16-25-23)8-7-13-29-20-9-5-4-6-10-20/h3-6,9-10,14,16,19H,1-2,11-13,15H2,(H2,24,25,26,27). The zero-order chi connectivity index (χ0) is 20.1. The number of nitrogens with one attached hydrogen (secondary N) is 2. The zero-order valence-corrected chi connectivity index (χ0v) is 16.2. The molecule has 146 valence electrons. The summed E-state index contributed by atoms with van der Waals surface area (Å²) in [6.07, 6.45) is 4.38. The van der Waals surface area contributed by atoms with Gasteiger partial charge in [0.2, 0.25) is 0 Å². The van der Waals surface area contributed by atoms with E-state index in [0.717, 1.165) is 53.5 Å². The molecular formula is C23H23N5O. The van der Waals surface area contributed by atoms with Gasteiger partial charge in [0.05, 0.1) is 11.1 Å². The van der Waals surface area contributed by atoms with E-state index in [2.05, 4.69) is 50.2 Å². The van der Waals surface area contributed by atoms with Crippen LogP contribution in [0.4, 0.5) is 5.82 Å². The largest absolute Gasteiger partial charge is 0.481 e. The second kappa shape index (κ2) is 8.53. The van der Waals surface area contributed by atoms with E-state index in [9.17, 15) is 0 Å². The Kier molecular flexibility index (Phi) is 5.48. The number of rotatable bonds is 6. The number of fused-ring (bicyclic) bond motifs is 1. The molecule has 2 N–H and O–H groups in total. The van der Waals surface area contributed by atoms with Crippen molar-refractivity contribution in [2.45, 2.75) is 12.5 Å². The SMILES string of the molecule is C=CC(=C)N1CCC(Nc2ncnc3[nH]c(C#CCOc4ccccc4)cc23)C1. The van der Waals surface area contributed by atoms with Gasteiger partial charge in [-0.2, -0.15) is 0 Å². The van der Waals surface area contributed by atoms with Crippen LogP contribution in [-0.4, -0.2) is 45.6 Å². The van der Waals surface area contributed by atoms with Gasteiger partial charge >= 0.3 is 0 Å². The number of hydrogen-bond acceptors (Lipinski definition) is 5. The highest BCUT2D eigenvalue weighted by Crippen LogP contribution is 2.23. The maximum Gasteiger partial charge on any atom is 0.149 e. The van der Waals surface area contributed by atoms with Crippen LogP contribution in [0.2, 0.25) is 0 Å². The number of ether oxygens (including phenoxy) is 1. The van der Waals surface area contributed by atoms with Crippen LogP contribution >= 0.6 is 0 Å². The number of hydrogen-bond donors (Lipinski definition) is 2. The Morgan fingerprint density at radius 3 is 3.03 bits per heavy atom.